The lowest BCUT2D eigenvalue weighted by Gasteiger charge is -2.27. The highest BCUT2D eigenvalue weighted by atomic mass is 16.5. The molecule has 0 saturated heterocycles. The molecule has 1 aliphatic heterocycles. The lowest BCUT2D eigenvalue weighted by molar-refractivity contribution is -0.149. The first-order valence-corrected chi connectivity index (χ1v) is 8.35. The second-order valence-corrected chi connectivity index (χ2v) is 6.10. The highest BCUT2D eigenvalue weighted by molar-refractivity contribution is 5.85. The van der Waals surface area contributed by atoms with Crippen LogP contribution in [-0.4, -0.2) is 5.97 Å². The summed E-state index contributed by atoms with van der Waals surface area (Å²) in [7, 11) is 0. The van der Waals surface area contributed by atoms with Gasteiger partial charge >= 0.3 is 5.97 Å². The van der Waals surface area contributed by atoms with Crippen molar-refractivity contribution in [3.8, 4) is 11.5 Å². The number of hydrogen-bond acceptors (Lipinski definition) is 3. The first kappa shape index (κ1) is 15.5. The van der Waals surface area contributed by atoms with Crippen LogP contribution in [-0.2, 0) is 9.53 Å². The van der Waals surface area contributed by atoms with E-state index >= 15 is 0 Å². The third-order valence-electron chi connectivity index (χ3n) is 4.48. The van der Waals surface area contributed by atoms with Gasteiger partial charge in [0.1, 0.15) is 23.5 Å². The minimum Gasteiger partial charge on any atom is -0.457 e. The lowest BCUT2D eigenvalue weighted by Crippen LogP contribution is -2.22. The minimum atomic E-state index is -0.479. The molecular formula is C22H18O3. The van der Waals surface area contributed by atoms with Crippen LogP contribution in [0, 0.1) is 0 Å². The first-order valence-electron chi connectivity index (χ1n) is 8.35. The number of carbonyl (C=O) groups excluding carboxylic acids is 1. The molecule has 0 fully saturated rings. The van der Waals surface area contributed by atoms with E-state index in [-0.39, 0.29) is 12.1 Å². The Balaban J connectivity index is 1.68. The van der Waals surface area contributed by atoms with Crippen LogP contribution in [0.1, 0.15) is 35.6 Å². The van der Waals surface area contributed by atoms with Gasteiger partial charge in [0.25, 0.3) is 0 Å². The average molecular weight is 330 g/mol. The third kappa shape index (κ3) is 2.89. The number of benzene rings is 3. The van der Waals surface area contributed by atoms with Crippen LogP contribution in [0.25, 0.3) is 0 Å². The maximum Gasteiger partial charge on any atom is 0.318 e. The Morgan fingerprint density at radius 2 is 1.36 bits per heavy atom. The zero-order valence-corrected chi connectivity index (χ0v) is 13.9. The molecule has 0 spiro atoms. The van der Waals surface area contributed by atoms with Gasteiger partial charge in [0, 0.05) is 11.1 Å². The molecule has 0 unspecified atom stereocenters. The van der Waals surface area contributed by atoms with Crippen molar-refractivity contribution in [2.45, 2.75) is 18.9 Å². The number of esters is 1. The van der Waals surface area contributed by atoms with E-state index < -0.39 is 5.92 Å². The summed E-state index contributed by atoms with van der Waals surface area (Å²) in [5, 5.41) is 0. The molecule has 25 heavy (non-hydrogen) atoms. The van der Waals surface area contributed by atoms with Crippen LogP contribution >= 0.6 is 0 Å². The van der Waals surface area contributed by atoms with Crippen LogP contribution in [0.2, 0.25) is 0 Å². The van der Waals surface area contributed by atoms with Crippen molar-refractivity contribution in [2.24, 2.45) is 0 Å². The Labute approximate surface area is 146 Å². The van der Waals surface area contributed by atoms with Gasteiger partial charge < -0.3 is 9.47 Å². The second-order valence-electron chi connectivity index (χ2n) is 6.10. The van der Waals surface area contributed by atoms with Crippen LogP contribution < -0.4 is 4.74 Å². The first-order chi connectivity index (χ1) is 12.2. The van der Waals surface area contributed by atoms with Crippen molar-refractivity contribution >= 4 is 5.97 Å². The van der Waals surface area contributed by atoms with Gasteiger partial charge in [-0.15, -0.1) is 0 Å². The fourth-order valence-corrected chi connectivity index (χ4v) is 3.20. The summed E-state index contributed by atoms with van der Waals surface area (Å²) in [4.78, 5) is 13.0. The summed E-state index contributed by atoms with van der Waals surface area (Å²) in [6.45, 7) is 1.89. The Morgan fingerprint density at radius 1 is 0.840 bits per heavy atom. The molecule has 0 saturated carbocycles. The topological polar surface area (TPSA) is 35.5 Å². The zero-order valence-electron chi connectivity index (χ0n) is 13.9. The van der Waals surface area contributed by atoms with Crippen LogP contribution in [0.5, 0.6) is 11.5 Å². The van der Waals surface area contributed by atoms with Gasteiger partial charge in [0.15, 0.2) is 0 Å². The van der Waals surface area contributed by atoms with E-state index in [1.807, 2.05) is 85.8 Å². The van der Waals surface area contributed by atoms with Crippen molar-refractivity contribution in [2.75, 3.05) is 0 Å². The molecule has 0 bridgehead atoms. The van der Waals surface area contributed by atoms with Crippen molar-refractivity contribution < 1.29 is 14.3 Å². The molecule has 0 aliphatic carbocycles. The predicted octanol–water partition coefficient (Wildman–Crippen LogP) is 5.23. The molecule has 1 aliphatic rings. The van der Waals surface area contributed by atoms with Gasteiger partial charge in [0.05, 0.1) is 0 Å². The van der Waals surface area contributed by atoms with E-state index in [9.17, 15) is 4.79 Å². The number of hydrogen-bond donors (Lipinski definition) is 0. The quantitative estimate of drug-likeness (QED) is 0.617. The SMILES string of the molecule is C[C@@H](OC(=O)C1c2ccccc2Oc2ccccc21)c1ccccc1. The molecule has 3 aromatic rings. The van der Waals surface area contributed by atoms with E-state index in [1.54, 1.807) is 0 Å². The minimum absolute atomic E-state index is 0.264. The van der Waals surface area contributed by atoms with Gasteiger partial charge in [0.2, 0.25) is 0 Å². The standard InChI is InChI=1S/C22H18O3/c1-15(16-9-3-2-4-10-16)24-22(23)21-17-11-5-7-13-19(17)25-20-14-8-6-12-18(20)21/h2-15,21H,1H3/t15-/m1/s1. The second kappa shape index (κ2) is 6.44. The molecule has 0 aromatic heterocycles. The molecule has 124 valence electrons. The Morgan fingerprint density at radius 3 is 1.96 bits per heavy atom. The molecule has 0 amide bonds. The van der Waals surface area contributed by atoms with Gasteiger partial charge in [-0.3, -0.25) is 4.79 Å². The van der Waals surface area contributed by atoms with Crippen molar-refractivity contribution in [3.63, 3.8) is 0 Å². The fourth-order valence-electron chi connectivity index (χ4n) is 3.20. The lowest BCUT2D eigenvalue weighted by atomic mass is 9.88. The normalized spacial score (nSPS) is 14.0. The molecule has 0 N–H and O–H groups in total. The highest BCUT2D eigenvalue weighted by Crippen LogP contribution is 2.44. The Hall–Kier alpha value is -3.07. The number of carbonyl (C=O) groups is 1. The largest absolute Gasteiger partial charge is 0.457 e. The van der Waals surface area contributed by atoms with Crippen LogP contribution in [0.4, 0.5) is 0 Å². The van der Waals surface area contributed by atoms with Crippen molar-refractivity contribution in [1.82, 2.24) is 0 Å². The van der Waals surface area contributed by atoms with Gasteiger partial charge in [-0.1, -0.05) is 66.7 Å². The monoisotopic (exact) mass is 330 g/mol. The number of ether oxygens (including phenoxy) is 2. The summed E-state index contributed by atoms with van der Waals surface area (Å²) in [5.74, 6) is 0.665. The average Bonchev–Trinajstić information content (AvgIpc) is 2.66. The summed E-state index contributed by atoms with van der Waals surface area (Å²) in [6.07, 6.45) is -0.309. The third-order valence-corrected chi connectivity index (χ3v) is 4.48. The number of para-hydroxylation sites is 2. The number of rotatable bonds is 3. The van der Waals surface area contributed by atoms with E-state index in [0.29, 0.717) is 11.5 Å². The molecule has 1 heterocycles. The molecule has 0 radical (unpaired) electrons. The van der Waals surface area contributed by atoms with Crippen LogP contribution in [0.15, 0.2) is 78.9 Å². The van der Waals surface area contributed by atoms with E-state index in [1.165, 1.54) is 0 Å². The summed E-state index contributed by atoms with van der Waals surface area (Å²) in [6, 6.07) is 25.0. The maximum absolute atomic E-state index is 13.0. The molecule has 3 aromatic carbocycles. The van der Waals surface area contributed by atoms with Gasteiger partial charge in [-0.25, -0.2) is 0 Å². The molecular weight excluding hydrogens is 312 g/mol. The van der Waals surface area contributed by atoms with Gasteiger partial charge in [-0.05, 0) is 24.6 Å². The van der Waals surface area contributed by atoms with Crippen molar-refractivity contribution in [3.05, 3.63) is 95.6 Å². The molecule has 3 heteroatoms. The molecule has 4 rings (SSSR count). The summed E-state index contributed by atoms with van der Waals surface area (Å²) >= 11 is 0. The fraction of sp³-hybridized carbons (Fsp3) is 0.136. The zero-order chi connectivity index (χ0) is 17.2. The Kier molecular flexibility index (Phi) is 3.98. The van der Waals surface area contributed by atoms with Crippen LogP contribution in [0.3, 0.4) is 0 Å². The van der Waals surface area contributed by atoms with Crippen molar-refractivity contribution in [1.29, 1.82) is 0 Å². The van der Waals surface area contributed by atoms with E-state index in [0.717, 1.165) is 16.7 Å². The Bertz CT molecular complexity index is 856. The smallest absolute Gasteiger partial charge is 0.318 e. The maximum atomic E-state index is 13.0. The van der Waals surface area contributed by atoms with E-state index in [2.05, 4.69) is 0 Å². The van der Waals surface area contributed by atoms with E-state index in [4.69, 9.17) is 9.47 Å². The molecule has 1 atom stereocenters. The molecule has 3 nitrogen and oxygen atoms in total. The number of fused-ring (bicyclic) bond motifs is 2. The van der Waals surface area contributed by atoms with Gasteiger partial charge in [-0.2, -0.15) is 0 Å². The summed E-state index contributed by atoms with van der Waals surface area (Å²) in [5.41, 5.74) is 2.66. The summed E-state index contributed by atoms with van der Waals surface area (Å²) < 4.78 is 11.7. The highest BCUT2D eigenvalue weighted by Gasteiger charge is 2.34. The predicted molar refractivity (Wildman–Crippen MR) is 95.8 cm³/mol.